The first kappa shape index (κ1) is 17.3. The number of aryl methyl sites for hydroxylation is 1. The van der Waals surface area contributed by atoms with Crippen molar-refractivity contribution < 1.29 is 14.6 Å². The molecule has 0 aliphatic heterocycles. The molecule has 5 nitrogen and oxygen atoms in total. The normalized spacial score (nSPS) is 11.0. The number of hydrogen-bond donors (Lipinski definition) is 1. The number of benzene rings is 1. The smallest absolute Gasteiger partial charge is 0.348 e. The minimum absolute atomic E-state index is 0.0610. The van der Waals surface area contributed by atoms with Crippen LogP contribution in [-0.4, -0.2) is 15.6 Å². The maximum Gasteiger partial charge on any atom is 0.348 e. The molecule has 0 amide bonds. The molecule has 1 aromatic heterocycles. The van der Waals surface area contributed by atoms with Gasteiger partial charge in [0, 0.05) is 6.54 Å². The Kier molecular flexibility index (Phi) is 5.60. The molecule has 0 aliphatic carbocycles. The van der Waals surface area contributed by atoms with Gasteiger partial charge in [0.05, 0.1) is 5.69 Å². The highest BCUT2D eigenvalue weighted by atomic mass is 32.1. The number of rotatable bonds is 7. The highest BCUT2D eigenvalue weighted by molar-refractivity contribution is 7.11. The van der Waals surface area contributed by atoms with Crippen molar-refractivity contribution in [1.82, 2.24) is 4.57 Å². The van der Waals surface area contributed by atoms with Gasteiger partial charge in [-0.15, -0.1) is 0 Å². The number of aromatic carboxylic acids is 1. The first-order valence-corrected chi connectivity index (χ1v) is 8.35. The van der Waals surface area contributed by atoms with Crippen LogP contribution in [0, 0.1) is 12.8 Å². The van der Waals surface area contributed by atoms with Crippen LogP contribution in [0.3, 0.4) is 0 Å². The Morgan fingerprint density at radius 1 is 1.30 bits per heavy atom. The molecule has 0 saturated heterocycles. The molecule has 2 rings (SSSR count). The quantitative estimate of drug-likeness (QED) is 0.840. The average molecular weight is 335 g/mol. The molecule has 0 fully saturated rings. The lowest BCUT2D eigenvalue weighted by Gasteiger charge is -2.12. The van der Waals surface area contributed by atoms with Gasteiger partial charge in [-0.2, -0.15) is 0 Å². The van der Waals surface area contributed by atoms with Crippen LogP contribution in [0.5, 0.6) is 5.75 Å². The summed E-state index contributed by atoms with van der Waals surface area (Å²) in [7, 11) is 0. The zero-order chi connectivity index (χ0) is 17.0. The van der Waals surface area contributed by atoms with E-state index in [4.69, 9.17) is 4.74 Å². The molecule has 0 bridgehead atoms. The Hall–Kier alpha value is -2.08. The van der Waals surface area contributed by atoms with E-state index in [0.717, 1.165) is 23.3 Å². The molecule has 0 radical (unpaired) electrons. The van der Waals surface area contributed by atoms with Crippen molar-refractivity contribution in [1.29, 1.82) is 0 Å². The maximum atomic E-state index is 12.1. The standard InChI is InChI=1S/C17H21NO4S/c1-11(2)8-9-18-14(15(16(19)20)23-17(18)21)10-22-13-6-4-12(3)5-7-13/h4-7,11H,8-10H2,1-3H3,(H,19,20). The zero-order valence-electron chi connectivity index (χ0n) is 13.5. The van der Waals surface area contributed by atoms with Crippen LogP contribution < -0.4 is 9.61 Å². The van der Waals surface area contributed by atoms with Crippen molar-refractivity contribution in [3.05, 3.63) is 50.1 Å². The van der Waals surface area contributed by atoms with Gasteiger partial charge >= 0.3 is 10.8 Å². The summed E-state index contributed by atoms with van der Waals surface area (Å²) in [6.07, 6.45) is 0.813. The fourth-order valence-corrected chi connectivity index (χ4v) is 3.00. The van der Waals surface area contributed by atoms with Gasteiger partial charge in [-0.1, -0.05) is 42.9 Å². The molecular formula is C17H21NO4S. The summed E-state index contributed by atoms with van der Waals surface area (Å²) in [4.78, 5) is 23.3. The van der Waals surface area contributed by atoms with Crippen LogP contribution in [0.1, 0.15) is 41.2 Å². The fraction of sp³-hybridized carbons (Fsp3) is 0.412. The average Bonchev–Trinajstić information content (AvgIpc) is 2.81. The van der Waals surface area contributed by atoms with E-state index in [0.29, 0.717) is 23.9 Å². The predicted molar refractivity (Wildman–Crippen MR) is 90.5 cm³/mol. The molecular weight excluding hydrogens is 314 g/mol. The van der Waals surface area contributed by atoms with E-state index in [-0.39, 0.29) is 16.4 Å². The monoisotopic (exact) mass is 335 g/mol. The fourth-order valence-electron chi connectivity index (χ4n) is 2.14. The van der Waals surface area contributed by atoms with Crippen molar-refractivity contribution >= 4 is 17.3 Å². The second-order valence-corrected chi connectivity index (χ2v) is 6.85. The molecule has 0 aliphatic rings. The summed E-state index contributed by atoms with van der Waals surface area (Å²) < 4.78 is 7.21. The predicted octanol–water partition coefficient (Wildman–Crippen LogP) is 3.54. The van der Waals surface area contributed by atoms with Crippen molar-refractivity contribution in [2.24, 2.45) is 5.92 Å². The SMILES string of the molecule is Cc1ccc(OCc2c(C(=O)O)sc(=O)n2CCC(C)C)cc1. The second kappa shape index (κ2) is 7.46. The molecule has 0 unspecified atom stereocenters. The first-order chi connectivity index (χ1) is 10.9. The van der Waals surface area contributed by atoms with Gasteiger partial charge in [0.1, 0.15) is 17.2 Å². The van der Waals surface area contributed by atoms with E-state index in [1.165, 1.54) is 4.57 Å². The number of hydrogen-bond acceptors (Lipinski definition) is 4. The Bertz CT molecular complexity index is 728. The minimum atomic E-state index is -1.09. The van der Waals surface area contributed by atoms with E-state index >= 15 is 0 Å². The second-order valence-electron chi connectivity index (χ2n) is 5.88. The summed E-state index contributed by atoms with van der Waals surface area (Å²) >= 11 is 0.766. The van der Waals surface area contributed by atoms with Crippen molar-refractivity contribution in [3.63, 3.8) is 0 Å². The van der Waals surface area contributed by atoms with Crippen LogP contribution >= 0.6 is 11.3 Å². The van der Waals surface area contributed by atoms with E-state index < -0.39 is 5.97 Å². The molecule has 0 atom stereocenters. The van der Waals surface area contributed by atoms with Crippen molar-refractivity contribution in [2.45, 2.75) is 40.3 Å². The Morgan fingerprint density at radius 3 is 2.52 bits per heavy atom. The number of carboxylic acids is 1. The first-order valence-electron chi connectivity index (χ1n) is 7.53. The number of carbonyl (C=O) groups is 1. The third kappa shape index (κ3) is 4.45. The lowest BCUT2D eigenvalue weighted by atomic mass is 10.1. The van der Waals surface area contributed by atoms with Crippen LogP contribution in [-0.2, 0) is 13.2 Å². The topological polar surface area (TPSA) is 68.5 Å². The molecule has 0 spiro atoms. The molecule has 1 N–H and O–H groups in total. The van der Waals surface area contributed by atoms with Crippen LogP contribution in [0.15, 0.2) is 29.1 Å². The molecule has 6 heteroatoms. The van der Waals surface area contributed by atoms with E-state index in [2.05, 4.69) is 13.8 Å². The summed E-state index contributed by atoms with van der Waals surface area (Å²) in [5.74, 6) is -0.000143. The maximum absolute atomic E-state index is 12.1. The number of carboxylic acid groups (broad SMARTS) is 1. The molecule has 1 heterocycles. The van der Waals surface area contributed by atoms with Gasteiger partial charge in [-0.3, -0.25) is 9.36 Å². The molecule has 1 aromatic carbocycles. The van der Waals surface area contributed by atoms with E-state index in [9.17, 15) is 14.7 Å². The van der Waals surface area contributed by atoms with Crippen molar-refractivity contribution in [2.75, 3.05) is 0 Å². The molecule has 0 saturated carbocycles. The molecule has 23 heavy (non-hydrogen) atoms. The summed E-state index contributed by atoms with van der Waals surface area (Å²) in [5.41, 5.74) is 1.56. The van der Waals surface area contributed by atoms with Gasteiger partial charge in [0.25, 0.3) is 0 Å². The van der Waals surface area contributed by atoms with Gasteiger partial charge < -0.3 is 9.84 Å². The van der Waals surface area contributed by atoms with Gasteiger partial charge in [-0.05, 0) is 31.4 Å². The van der Waals surface area contributed by atoms with Gasteiger partial charge in [0.15, 0.2) is 0 Å². The van der Waals surface area contributed by atoms with Gasteiger partial charge in [0.2, 0.25) is 0 Å². The number of nitrogens with zero attached hydrogens (tertiary/aromatic N) is 1. The highest BCUT2D eigenvalue weighted by Crippen LogP contribution is 2.19. The van der Waals surface area contributed by atoms with E-state index in [1.54, 1.807) is 0 Å². The van der Waals surface area contributed by atoms with Gasteiger partial charge in [-0.25, -0.2) is 4.79 Å². The lowest BCUT2D eigenvalue weighted by Crippen LogP contribution is -2.19. The summed E-state index contributed by atoms with van der Waals surface area (Å²) in [6.45, 7) is 6.69. The Labute approximate surface area is 139 Å². The largest absolute Gasteiger partial charge is 0.487 e. The van der Waals surface area contributed by atoms with Crippen molar-refractivity contribution in [3.8, 4) is 5.75 Å². The Morgan fingerprint density at radius 2 is 1.96 bits per heavy atom. The lowest BCUT2D eigenvalue weighted by molar-refractivity contribution is 0.0698. The van der Waals surface area contributed by atoms with Crippen LogP contribution in [0.25, 0.3) is 0 Å². The third-order valence-electron chi connectivity index (χ3n) is 3.52. The van der Waals surface area contributed by atoms with E-state index in [1.807, 2.05) is 31.2 Å². The minimum Gasteiger partial charge on any atom is -0.487 e. The summed E-state index contributed by atoms with van der Waals surface area (Å²) in [5, 5.41) is 9.32. The molecule has 124 valence electrons. The number of aromatic nitrogens is 1. The van der Waals surface area contributed by atoms with Crippen LogP contribution in [0.2, 0.25) is 0 Å². The Balaban J connectivity index is 2.25. The number of thiazole rings is 1. The summed E-state index contributed by atoms with van der Waals surface area (Å²) in [6, 6.07) is 7.51. The third-order valence-corrected chi connectivity index (χ3v) is 4.53. The number of ether oxygens (including phenoxy) is 1. The zero-order valence-corrected chi connectivity index (χ0v) is 14.4. The molecule has 2 aromatic rings. The highest BCUT2D eigenvalue weighted by Gasteiger charge is 2.20. The van der Waals surface area contributed by atoms with Crippen LogP contribution in [0.4, 0.5) is 0 Å².